The quantitative estimate of drug-likeness (QED) is 0.731. The summed E-state index contributed by atoms with van der Waals surface area (Å²) in [6, 6.07) is 3.92. The Kier molecular flexibility index (Phi) is 3.03. The summed E-state index contributed by atoms with van der Waals surface area (Å²) in [5.74, 6) is -0.503. The van der Waals surface area contributed by atoms with Gasteiger partial charge < -0.3 is 10.2 Å². The number of fused-ring (bicyclic) bond motifs is 1. The van der Waals surface area contributed by atoms with Crippen molar-refractivity contribution in [1.82, 2.24) is 10.3 Å². The first kappa shape index (κ1) is 11.8. The summed E-state index contributed by atoms with van der Waals surface area (Å²) < 4.78 is 5.27. The van der Waals surface area contributed by atoms with Crippen LogP contribution in [0.5, 0.6) is 0 Å². The fraction of sp³-hybridized carbons (Fsp3) is 0.0909. The Balaban J connectivity index is 2.38. The van der Waals surface area contributed by atoms with Crippen LogP contribution in [0.15, 0.2) is 22.7 Å². The molecule has 0 spiro atoms. The normalized spacial score (nSPS) is 11.8. The lowest BCUT2D eigenvalue weighted by atomic mass is 10.2. The first-order valence-electron chi connectivity index (χ1n) is 4.95. The molecule has 0 saturated heterocycles. The van der Waals surface area contributed by atoms with Crippen LogP contribution in [0.2, 0.25) is 0 Å². The minimum absolute atomic E-state index is 0.173. The predicted octanol–water partition coefficient (Wildman–Crippen LogP) is -0.0281. The number of nitrogens with zero attached hydrogens (tertiary/aromatic N) is 2. The van der Waals surface area contributed by atoms with Gasteiger partial charge in [-0.2, -0.15) is 5.26 Å². The Morgan fingerprint density at radius 3 is 3.06 bits per heavy atom. The first-order valence-corrected chi connectivity index (χ1v) is 4.95. The first-order chi connectivity index (χ1) is 8.65. The summed E-state index contributed by atoms with van der Waals surface area (Å²) in [4.78, 5) is 25.4. The summed E-state index contributed by atoms with van der Waals surface area (Å²) in [5, 5.41) is 11.2. The highest BCUT2D eigenvalue weighted by atomic mass is 16.3. The molecule has 2 aromatic rings. The van der Waals surface area contributed by atoms with E-state index in [4.69, 9.17) is 15.4 Å². The van der Waals surface area contributed by atoms with Crippen LogP contribution >= 0.6 is 0 Å². The SMILES string of the molecule is N#Cc1cnc2oc([C@H](N)C(=O)NC=O)cc2c1. The molecule has 7 nitrogen and oxygen atoms in total. The Labute approximate surface area is 101 Å². The van der Waals surface area contributed by atoms with Crippen molar-refractivity contribution < 1.29 is 14.0 Å². The number of imide groups is 1. The number of hydrogen-bond acceptors (Lipinski definition) is 6. The number of rotatable bonds is 3. The van der Waals surface area contributed by atoms with Crippen LogP contribution in [0.1, 0.15) is 17.4 Å². The topological polar surface area (TPSA) is 122 Å². The molecule has 90 valence electrons. The number of nitrogens with two attached hydrogens (primary N) is 1. The fourth-order valence-electron chi connectivity index (χ4n) is 1.44. The van der Waals surface area contributed by atoms with Crippen molar-refractivity contribution in [2.45, 2.75) is 6.04 Å². The lowest BCUT2D eigenvalue weighted by Gasteiger charge is -2.04. The van der Waals surface area contributed by atoms with E-state index in [0.717, 1.165) is 0 Å². The van der Waals surface area contributed by atoms with Crippen LogP contribution < -0.4 is 11.1 Å². The number of nitrogens with one attached hydrogen (secondary N) is 1. The molecule has 0 aliphatic carbocycles. The van der Waals surface area contributed by atoms with Gasteiger partial charge in [0.05, 0.1) is 5.56 Å². The van der Waals surface area contributed by atoms with Crippen molar-refractivity contribution in [1.29, 1.82) is 5.26 Å². The molecule has 2 aromatic heterocycles. The largest absolute Gasteiger partial charge is 0.441 e. The molecule has 0 aliphatic heterocycles. The molecule has 2 rings (SSSR count). The maximum Gasteiger partial charge on any atom is 0.251 e. The van der Waals surface area contributed by atoms with E-state index in [-0.39, 0.29) is 17.9 Å². The van der Waals surface area contributed by atoms with Gasteiger partial charge in [0, 0.05) is 11.6 Å². The fourth-order valence-corrected chi connectivity index (χ4v) is 1.44. The van der Waals surface area contributed by atoms with E-state index in [1.807, 2.05) is 11.4 Å². The molecule has 1 atom stereocenters. The van der Waals surface area contributed by atoms with E-state index in [1.165, 1.54) is 12.3 Å². The van der Waals surface area contributed by atoms with Gasteiger partial charge in [-0.3, -0.25) is 14.9 Å². The molecular weight excluding hydrogens is 236 g/mol. The lowest BCUT2D eigenvalue weighted by molar-refractivity contribution is -0.126. The molecule has 3 N–H and O–H groups in total. The zero-order chi connectivity index (χ0) is 13.1. The molecule has 0 aliphatic rings. The minimum atomic E-state index is -1.10. The van der Waals surface area contributed by atoms with E-state index in [9.17, 15) is 9.59 Å². The molecule has 2 heterocycles. The van der Waals surface area contributed by atoms with Gasteiger partial charge in [0.25, 0.3) is 5.91 Å². The minimum Gasteiger partial charge on any atom is -0.441 e. The number of carbonyl (C=O) groups is 2. The van der Waals surface area contributed by atoms with Gasteiger partial charge in [-0.25, -0.2) is 4.98 Å². The van der Waals surface area contributed by atoms with E-state index in [1.54, 1.807) is 6.07 Å². The lowest BCUT2D eigenvalue weighted by Crippen LogP contribution is -2.32. The second kappa shape index (κ2) is 4.65. The average molecular weight is 244 g/mol. The summed E-state index contributed by atoms with van der Waals surface area (Å²) in [5.41, 5.74) is 6.25. The van der Waals surface area contributed by atoms with Crippen molar-refractivity contribution >= 4 is 23.4 Å². The maximum atomic E-state index is 11.3. The van der Waals surface area contributed by atoms with Crippen molar-refractivity contribution in [2.24, 2.45) is 5.73 Å². The smallest absolute Gasteiger partial charge is 0.251 e. The Bertz CT molecular complexity index is 656. The third kappa shape index (κ3) is 2.05. The third-order valence-electron chi connectivity index (χ3n) is 2.31. The molecule has 2 amide bonds. The molecule has 0 radical (unpaired) electrons. The molecule has 0 aromatic carbocycles. The second-order valence-corrected chi connectivity index (χ2v) is 3.48. The molecular formula is C11H8N4O3. The van der Waals surface area contributed by atoms with Crippen LogP contribution in [-0.4, -0.2) is 17.3 Å². The van der Waals surface area contributed by atoms with E-state index >= 15 is 0 Å². The van der Waals surface area contributed by atoms with Crippen LogP contribution in [0.3, 0.4) is 0 Å². The van der Waals surface area contributed by atoms with E-state index in [2.05, 4.69) is 4.98 Å². The van der Waals surface area contributed by atoms with E-state index < -0.39 is 11.9 Å². The van der Waals surface area contributed by atoms with Gasteiger partial charge >= 0.3 is 0 Å². The Morgan fingerprint density at radius 2 is 2.39 bits per heavy atom. The van der Waals surface area contributed by atoms with Gasteiger partial charge in [-0.1, -0.05) is 0 Å². The number of hydrogen-bond donors (Lipinski definition) is 2. The predicted molar refractivity (Wildman–Crippen MR) is 59.9 cm³/mol. The molecule has 0 unspecified atom stereocenters. The molecule has 7 heteroatoms. The summed E-state index contributed by atoms with van der Waals surface area (Å²) in [7, 11) is 0. The van der Waals surface area contributed by atoms with Crippen molar-refractivity contribution in [2.75, 3.05) is 0 Å². The number of pyridine rings is 1. The number of carbonyl (C=O) groups excluding carboxylic acids is 2. The van der Waals surface area contributed by atoms with Gasteiger partial charge in [-0.05, 0) is 12.1 Å². The van der Waals surface area contributed by atoms with Gasteiger partial charge in [-0.15, -0.1) is 0 Å². The standard InChI is InChI=1S/C11H8N4O3/c12-3-6-1-7-2-8(18-11(7)14-4-6)9(13)10(17)15-5-16/h1-2,4-5,9H,13H2,(H,15,16,17)/t9-/m0/s1. The number of nitriles is 1. The molecule has 0 bridgehead atoms. The van der Waals surface area contributed by atoms with Crippen LogP contribution in [0, 0.1) is 11.3 Å². The van der Waals surface area contributed by atoms with Crippen molar-refractivity contribution in [3.63, 3.8) is 0 Å². The highest BCUT2D eigenvalue weighted by molar-refractivity contribution is 5.91. The number of amides is 2. The third-order valence-corrected chi connectivity index (χ3v) is 2.31. The summed E-state index contributed by atoms with van der Waals surface area (Å²) >= 11 is 0. The van der Waals surface area contributed by atoms with E-state index in [0.29, 0.717) is 10.9 Å². The van der Waals surface area contributed by atoms with Crippen LogP contribution in [0.4, 0.5) is 0 Å². The summed E-state index contributed by atoms with van der Waals surface area (Å²) in [6.07, 6.45) is 1.60. The monoisotopic (exact) mass is 244 g/mol. The molecule has 0 saturated carbocycles. The zero-order valence-corrected chi connectivity index (χ0v) is 9.08. The number of furan rings is 1. The average Bonchev–Trinajstić information content (AvgIpc) is 2.80. The van der Waals surface area contributed by atoms with Gasteiger partial charge in [0.15, 0.2) is 0 Å². The highest BCUT2D eigenvalue weighted by Crippen LogP contribution is 2.22. The number of aromatic nitrogens is 1. The van der Waals surface area contributed by atoms with Crippen molar-refractivity contribution in [3.05, 3.63) is 29.7 Å². The maximum absolute atomic E-state index is 11.3. The highest BCUT2D eigenvalue weighted by Gasteiger charge is 2.20. The zero-order valence-electron chi connectivity index (χ0n) is 9.08. The molecule has 18 heavy (non-hydrogen) atoms. The summed E-state index contributed by atoms with van der Waals surface area (Å²) in [6.45, 7) is 0. The second-order valence-electron chi connectivity index (χ2n) is 3.48. The molecule has 0 fully saturated rings. The Morgan fingerprint density at radius 1 is 1.61 bits per heavy atom. The van der Waals surface area contributed by atoms with Crippen molar-refractivity contribution in [3.8, 4) is 6.07 Å². The Hall–Kier alpha value is -2.72. The van der Waals surface area contributed by atoms with Crippen LogP contribution in [-0.2, 0) is 9.59 Å². The van der Waals surface area contributed by atoms with Gasteiger partial charge in [0.1, 0.15) is 17.9 Å². The van der Waals surface area contributed by atoms with Crippen LogP contribution in [0.25, 0.3) is 11.1 Å². The van der Waals surface area contributed by atoms with Gasteiger partial charge in [0.2, 0.25) is 12.1 Å².